The monoisotopic (exact) mass is 442 g/mol. The van der Waals surface area contributed by atoms with Gasteiger partial charge in [0.05, 0.1) is 0 Å². The highest BCUT2D eigenvalue weighted by Crippen LogP contribution is 2.31. The molecule has 2 aliphatic heterocycles. The summed E-state index contributed by atoms with van der Waals surface area (Å²) in [5.74, 6) is 0.353. The fraction of sp³-hybridized carbons (Fsp3) is 0.318. The third-order valence-corrected chi connectivity index (χ3v) is 6.77. The van der Waals surface area contributed by atoms with Gasteiger partial charge in [0, 0.05) is 24.4 Å². The van der Waals surface area contributed by atoms with Gasteiger partial charge in [0.25, 0.3) is 5.91 Å². The van der Waals surface area contributed by atoms with Gasteiger partial charge in [-0.3, -0.25) is 10.1 Å². The van der Waals surface area contributed by atoms with Crippen molar-refractivity contribution in [2.24, 2.45) is 4.99 Å². The number of urea groups is 1. The Morgan fingerprint density at radius 1 is 1.10 bits per heavy atom. The van der Waals surface area contributed by atoms with Gasteiger partial charge in [-0.1, -0.05) is 71.9 Å². The predicted octanol–water partition coefficient (Wildman–Crippen LogP) is 3.75. The number of imide groups is 1. The van der Waals surface area contributed by atoms with Gasteiger partial charge < -0.3 is 9.80 Å². The van der Waals surface area contributed by atoms with E-state index in [1.165, 1.54) is 10.5 Å². The number of rotatable bonds is 6. The van der Waals surface area contributed by atoms with E-state index < -0.39 is 18.2 Å². The number of hydrogen-bond acceptors (Lipinski definition) is 5. The maximum Gasteiger partial charge on any atom is 0.325 e. The van der Waals surface area contributed by atoms with Crippen molar-refractivity contribution >= 4 is 40.5 Å². The normalized spacial score (nSPS) is 20.8. The van der Waals surface area contributed by atoms with Crippen LogP contribution in [-0.2, 0) is 17.0 Å². The Bertz CT molecular complexity index is 969. The van der Waals surface area contributed by atoms with Crippen molar-refractivity contribution in [2.75, 3.05) is 13.6 Å². The van der Waals surface area contributed by atoms with Gasteiger partial charge in [-0.2, -0.15) is 0 Å². The highest BCUT2D eigenvalue weighted by Gasteiger charge is 2.48. The summed E-state index contributed by atoms with van der Waals surface area (Å²) < 4.78 is 0. The van der Waals surface area contributed by atoms with Crippen LogP contribution in [0.2, 0.25) is 5.02 Å². The summed E-state index contributed by atoms with van der Waals surface area (Å²) >= 11 is 7.85. The van der Waals surface area contributed by atoms with Crippen molar-refractivity contribution in [1.82, 2.24) is 15.1 Å². The Morgan fingerprint density at radius 3 is 2.60 bits per heavy atom. The van der Waals surface area contributed by atoms with E-state index in [9.17, 15) is 9.59 Å². The molecule has 2 atom stereocenters. The van der Waals surface area contributed by atoms with Gasteiger partial charge in [-0.05, 0) is 30.0 Å². The Balaban J connectivity index is 1.50. The summed E-state index contributed by atoms with van der Waals surface area (Å²) in [4.78, 5) is 33.0. The lowest BCUT2D eigenvalue weighted by molar-refractivity contribution is -0.127. The van der Waals surface area contributed by atoms with Crippen LogP contribution in [-0.4, -0.2) is 52.7 Å². The lowest BCUT2D eigenvalue weighted by atomic mass is 10.1. The van der Waals surface area contributed by atoms with Gasteiger partial charge in [0.15, 0.2) is 17.4 Å². The van der Waals surface area contributed by atoms with Gasteiger partial charge in [-0.15, -0.1) is 0 Å². The van der Waals surface area contributed by atoms with Crippen LogP contribution >= 0.6 is 23.4 Å². The number of carbonyl (C=O) groups is 2. The van der Waals surface area contributed by atoms with Crippen molar-refractivity contribution in [3.8, 4) is 0 Å². The number of carbonyl (C=O) groups excluding carboxylic acids is 2. The Morgan fingerprint density at radius 2 is 1.83 bits per heavy atom. The standard InChI is InChI=1S/C22H23ClN4O2S/c1-26-19-18(20(28)25-21(26)29)27(13-7-10-15-8-3-2-4-9-15)22(24-19)30-14-16-11-5-6-12-17(16)23/h2-6,8-9,11-12,18-19H,7,10,13-14H2,1H3,(H,25,28,29). The van der Waals surface area contributed by atoms with E-state index in [1.807, 2.05) is 47.4 Å². The van der Waals surface area contributed by atoms with Gasteiger partial charge in [-0.25, -0.2) is 9.79 Å². The summed E-state index contributed by atoms with van der Waals surface area (Å²) in [6.07, 6.45) is 1.29. The number of hydrogen-bond donors (Lipinski definition) is 1. The zero-order chi connectivity index (χ0) is 21.1. The van der Waals surface area contributed by atoms with Gasteiger partial charge in [0.2, 0.25) is 0 Å². The summed E-state index contributed by atoms with van der Waals surface area (Å²) in [7, 11) is 1.67. The number of fused-ring (bicyclic) bond motifs is 1. The molecule has 2 heterocycles. The van der Waals surface area contributed by atoms with Crippen molar-refractivity contribution < 1.29 is 9.59 Å². The fourth-order valence-corrected chi connectivity index (χ4v) is 5.08. The minimum Gasteiger partial charge on any atom is -0.336 e. The number of amidine groups is 1. The summed E-state index contributed by atoms with van der Waals surface area (Å²) in [5.41, 5.74) is 2.27. The number of amides is 3. The van der Waals surface area contributed by atoms with Gasteiger partial charge in [0.1, 0.15) is 0 Å². The van der Waals surface area contributed by atoms with Crippen molar-refractivity contribution in [2.45, 2.75) is 30.8 Å². The van der Waals surface area contributed by atoms with Crippen LogP contribution < -0.4 is 5.32 Å². The maximum absolute atomic E-state index is 12.6. The molecule has 4 rings (SSSR count). The number of thioether (sulfide) groups is 1. The van der Waals surface area contributed by atoms with E-state index in [2.05, 4.69) is 17.4 Å². The molecule has 0 bridgehead atoms. The van der Waals surface area contributed by atoms with Crippen LogP contribution in [0.15, 0.2) is 59.6 Å². The molecule has 2 aliphatic rings. The molecule has 2 aromatic rings. The van der Waals surface area contributed by atoms with Crippen molar-refractivity contribution in [1.29, 1.82) is 0 Å². The fourth-order valence-electron chi connectivity index (χ4n) is 3.71. The first-order valence-corrected chi connectivity index (χ1v) is 11.2. The molecule has 0 aromatic heterocycles. The molecule has 0 spiro atoms. The molecular weight excluding hydrogens is 420 g/mol. The predicted molar refractivity (Wildman–Crippen MR) is 121 cm³/mol. The minimum absolute atomic E-state index is 0.292. The third-order valence-electron chi connectivity index (χ3n) is 5.34. The second-order valence-electron chi connectivity index (χ2n) is 7.34. The van der Waals surface area contributed by atoms with Crippen LogP contribution in [0.4, 0.5) is 4.79 Å². The van der Waals surface area contributed by atoms with Gasteiger partial charge >= 0.3 is 6.03 Å². The number of benzene rings is 2. The summed E-state index contributed by atoms with van der Waals surface area (Å²) in [6, 6.07) is 17.1. The van der Waals surface area contributed by atoms with Crippen LogP contribution in [0.25, 0.3) is 0 Å². The van der Waals surface area contributed by atoms with E-state index in [0.29, 0.717) is 17.3 Å². The topological polar surface area (TPSA) is 65.0 Å². The largest absolute Gasteiger partial charge is 0.336 e. The maximum atomic E-state index is 12.6. The van der Waals surface area contributed by atoms with E-state index >= 15 is 0 Å². The highest BCUT2D eigenvalue weighted by atomic mass is 35.5. The molecule has 1 N–H and O–H groups in total. The van der Waals surface area contributed by atoms with E-state index in [-0.39, 0.29) is 5.91 Å². The Hall–Kier alpha value is -2.51. The molecule has 1 saturated heterocycles. The number of aliphatic imine (C=N–C) groups is 1. The number of halogens is 1. The molecule has 0 saturated carbocycles. The first-order valence-electron chi connectivity index (χ1n) is 9.87. The SMILES string of the molecule is CN1C(=O)NC(=O)C2C1N=C(SCc1ccccc1Cl)N2CCCc1ccccc1. The van der Waals surface area contributed by atoms with E-state index in [1.54, 1.807) is 18.8 Å². The number of nitrogens with one attached hydrogen (secondary N) is 1. The molecule has 3 amide bonds. The molecule has 156 valence electrons. The smallest absolute Gasteiger partial charge is 0.325 e. The summed E-state index contributed by atoms with van der Waals surface area (Å²) in [5, 5.41) is 3.93. The van der Waals surface area contributed by atoms with Crippen molar-refractivity contribution in [3.05, 3.63) is 70.7 Å². The van der Waals surface area contributed by atoms with Crippen LogP contribution in [0.1, 0.15) is 17.5 Å². The molecule has 8 heteroatoms. The first-order chi connectivity index (χ1) is 14.5. The van der Waals surface area contributed by atoms with Crippen LogP contribution in [0.3, 0.4) is 0 Å². The molecule has 6 nitrogen and oxygen atoms in total. The van der Waals surface area contributed by atoms with Crippen LogP contribution in [0.5, 0.6) is 0 Å². The third kappa shape index (κ3) is 4.32. The molecule has 0 radical (unpaired) electrons. The Labute approximate surface area is 185 Å². The number of likely N-dealkylation sites (N-methyl/N-ethyl adjacent to an activating group) is 1. The van der Waals surface area contributed by atoms with E-state index in [0.717, 1.165) is 23.6 Å². The second-order valence-corrected chi connectivity index (χ2v) is 8.69. The van der Waals surface area contributed by atoms with Crippen molar-refractivity contribution in [3.63, 3.8) is 0 Å². The number of aryl methyl sites for hydroxylation is 1. The summed E-state index contributed by atoms with van der Waals surface area (Å²) in [6.45, 7) is 0.680. The average Bonchev–Trinajstić information content (AvgIpc) is 3.11. The molecule has 1 fully saturated rings. The molecule has 0 aliphatic carbocycles. The lowest BCUT2D eigenvalue weighted by Crippen LogP contribution is -2.63. The Kier molecular flexibility index (Phi) is 6.29. The second kappa shape index (κ2) is 9.10. The molecule has 2 unspecified atom stereocenters. The quantitative estimate of drug-likeness (QED) is 0.739. The first kappa shape index (κ1) is 20.8. The minimum atomic E-state index is -0.503. The average molecular weight is 443 g/mol. The molecule has 2 aromatic carbocycles. The highest BCUT2D eigenvalue weighted by molar-refractivity contribution is 8.13. The number of nitrogens with zero attached hydrogens (tertiary/aromatic N) is 3. The van der Waals surface area contributed by atoms with E-state index in [4.69, 9.17) is 16.6 Å². The molecular formula is C22H23ClN4O2S. The zero-order valence-corrected chi connectivity index (χ0v) is 18.2. The zero-order valence-electron chi connectivity index (χ0n) is 16.6. The lowest BCUT2D eigenvalue weighted by Gasteiger charge is -2.36. The van der Waals surface area contributed by atoms with Crippen LogP contribution in [0, 0.1) is 0 Å². The molecule has 30 heavy (non-hydrogen) atoms.